The van der Waals surface area contributed by atoms with Crippen molar-refractivity contribution in [3.8, 4) is 0 Å². The summed E-state index contributed by atoms with van der Waals surface area (Å²) in [6.07, 6.45) is 2.79. The van der Waals surface area contributed by atoms with Gasteiger partial charge in [0.25, 0.3) is 5.91 Å². The van der Waals surface area contributed by atoms with Crippen LogP contribution in [0.5, 0.6) is 0 Å². The second-order valence-electron chi connectivity index (χ2n) is 9.48. The van der Waals surface area contributed by atoms with E-state index in [1.165, 1.54) is 0 Å². The van der Waals surface area contributed by atoms with E-state index in [-0.39, 0.29) is 36.8 Å². The van der Waals surface area contributed by atoms with Gasteiger partial charge in [0, 0.05) is 19.6 Å². The van der Waals surface area contributed by atoms with Crippen LogP contribution in [-0.4, -0.2) is 56.0 Å². The molecule has 2 unspecified atom stereocenters. The Kier molecular flexibility index (Phi) is 11.0. The third kappa shape index (κ3) is 10.2. The van der Waals surface area contributed by atoms with Crippen LogP contribution in [0.1, 0.15) is 66.7 Å². The largest absolute Gasteiger partial charge is 0.449 e. The zero-order valence-electron chi connectivity index (χ0n) is 19.0. The van der Waals surface area contributed by atoms with Crippen LogP contribution in [0.25, 0.3) is 0 Å². The van der Waals surface area contributed by atoms with E-state index in [4.69, 9.17) is 9.47 Å². The molecule has 2 amide bonds. The van der Waals surface area contributed by atoms with E-state index in [0.717, 1.165) is 25.7 Å². The minimum atomic E-state index is -0.870. The summed E-state index contributed by atoms with van der Waals surface area (Å²) in [5.74, 6) is -2.72. The molecule has 0 aromatic carbocycles. The van der Waals surface area contributed by atoms with Crippen LogP contribution >= 0.6 is 0 Å². The summed E-state index contributed by atoms with van der Waals surface area (Å²) >= 11 is 0. The van der Waals surface area contributed by atoms with Crippen LogP contribution in [0.3, 0.4) is 0 Å². The van der Waals surface area contributed by atoms with Crippen molar-refractivity contribution in [1.82, 2.24) is 10.6 Å². The van der Waals surface area contributed by atoms with Crippen LogP contribution in [-0.2, 0) is 23.9 Å². The third-order valence-electron chi connectivity index (χ3n) is 4.79. The van der Waals surface area contributed by atoms with Crippen molar-refractivity contribution >= 4 is 23.6 Å². The molecule has 8 nitrogen and oxygen atoms in total. The van der Waals surface area contributed by atoms with E-state index >= 15 is 0 Å². The first-order valence-corrected chi connectivity index (χ1v) is 10.9. The van der Waals surface area contributed by atoms with E-state index in [1.54, 1.807) is 13.8 Å². The van der Waals surface area contributed by atoms with Crippen molar-refractivity contribution in [2.24, 2.45) is 17.3 Å². The molecule has 0 saturated carbocycles. The van der Waals surface area contributed by atoms with Gasteiger partial charge in [-0.3, -0.25) is 14.4 Å². The van der Waals surface area contributed by atoms with Gasteiger partial charge in [0.15, 0.2) is 5.78 Å². The average Bonchev–Trinajstić information content (AvgIpc) is 2.65. The minimum absolute atomic E-state index is 0.0112. The Labute approximate surface area is 179 Å². The number of carbonyl (C=O) groups is 4. The Morgan fingerprint density at radius 3 is 2.47 bits per heavy atom. The molecule has 0 aliphatic carbocycles. The molecular formula is C22H38N2O6. The lowest BCUT2D eigenvalue weighted by atomic mass is 9.90. The molecule has 0 spiro atoms. The summed E-state index contributed by atoms with van der Waals surface area (Å²) in [6.45, 7) is 10.6. The molecule has 0 radical (unpaired) electrons. The van der Waals surface area contributed by atoms with E-state index in [0.29, 0.717) is 13.2 Å². The number of ketones is 2. The Morgan fingerprint density at radius 1 is 1.17 bits per heavy atom. The molecule has 0 aromatic heterocycles. The van der Waals surface area contributed by atoms with E-state index < -0.39 is 29.7 Å². The summed E-state index contributed by atoms with van der Waals surface area (Å²) in [5.41, 5.74) is -0.195. The van der Waals surface area contributed by atoms with Crippen molar-refractivity contribution in [1.29, 1.82) is 0 Å². The highest BCUT2D eigenvalue weighted by atomic mass is 16.5. The van der Waals surface area contributed by atoms with Crippen LogP contribution in [0, 0.1) is 17.3 Å². The SMILES string of the molecule is CC(C)C(NC(=O)OCC(C)(C)C)C(=O)CC1COCCCCCCNC(=O)C1=O. The van der Waals surface area contributed by atoms with Gasteiger partial charge in [-0.25, -0.2) is 4.79 Å². The predicted octanol–water partition coefficient (Wildman–Crippen LogP) is 2.63. The molecule has 2 atom stereocenters. The number of amides is 2. The van der Waals surface area contributed by atoms with E-state index in [9.17, 15) is 19.2 Å². The fraction of sp³-hybridized carbons (Fsp3) is 0.818. The molecule has 1 saturated heterocycles. The normalized spacial score (nSPS) is 20.5. The van der Waals surface area contributed by atoms with Crippen molar-refractivity contribution in [3.63, 3.8) is 0 Å². The summed E-state index contributed by atoms with van der Waals surface area (Å²) in [5, 5.41) is 5.23. The molecule has 1 rings (SSSR count). The first-order chi connectivity index (χ1) is 14.0. The van der Waals surface area contributed by atoms with Gasteiger partial charge in [-0.15, -0.1) is 0 Å². The topological polar surface area (TPSA) is 111 Å². The molecule has 0 bridgehead atoms. The number of hydrogen-bond donors (Lipinski definition) is 2. The van der Waals surface area contributed by atoms with Crippen molar-refractivity contribution < 1.29 is 28.7 Å². The summed E-state index contributed by atoms with van der Waals surface area (Å²) in [4.78, 5) is 49.8. The standard InChI is InChI=1S/C22H38N2O6/c1-15(2)18(24-21(28)30-14-22(3,4)5)17(25)12-16-13-29-11-9-7-6-8-10-23-20(27)19(16)26/h15-16,18H,6-14H2,1-5H3,(H,23,27)(H,24,28). The highest BCUT2D eigenvalue weighted by Gasteiger charge is 2.32. The van der Waals surface area contributed by atoms with Gasteiger partial charge < -0.3 is 20.1 Å². The lowest BCUT2D eigenvalue weighted by Crippen LogP contribution is -2.47. The maximum atomic E-state index is 12.9. The zero-order chi connectivity index (χ0) is 22.7. The van der Waals surface area contributed by atoms with E-state index in [1.807, 2.05) is 20.8 Å². The van der Waals surface area contributed by atoms with Crippen molar-refractivity contribution in [2.45, 2.75) is 72.8 Å². The molecule has 1 fully saturated rings. The van der Waals surface area contributed by atoms with Crippen LogP contribution < -0.4 is 10.6 Å². The fourth-order valence-corrected chi connectivity index (χ4v) is 3.05. The summed E-state index contributed by atoms with van der Waals surface area (Å²) in [7, 11) is 0. The second kappa shape index (κ2) is 12.7. The molecule has 172 valence electrons. The Balaban J connectivity index is 2.78. The maximum absolute atomic E-state index is 12.9. The monoisotopic (exact) mass is 426 g/mol. The van der Waals surface area contributed by atoms with Crippen molar-refractivity contribution in [3.05, 3.63) is 0 Å². The zero-order valence-corrected chi connectivity index (χ0v) is 19.0. The molecule has 30 heavy (non-hydrogen) atoms. The number of ether oxygens (including phenoxy) is 2. The first-order valence-electron chi connectivity index (χ1n) is 10.9. The molecular weight excluding hydrogens is 388 g/mol. The number of rotatable bonds is 6. The number of carbonyl (C=O) groups excluding carboxylic acids is 4. The third-order valence-corrected chi connectivity index (χ3v) is 4.79. The van der Waals surface area contributed by atoms with Crippen LogP contribution in [0.15, 0.2) is 0 Å². The summed E-state index contributed by atoms with van der Waals surface area (Å²) < 4.78 is 10.8. The molecule has 0 aromatic rings. The Hall–Kier alpha value is -1.96. The molecule has 2 N–H and O–H groups in total. The van der Waals surface area contributed by atoms with Crippen LogP contribution in [0.4, 0.5) is 4.79 Å². The lowest BCUT2D eigenvalue weighted by Gasteiger charge is -2.24. The minimum Gasteiger partial charge on any atom is -0.449 e. The van der Waals surface area contributed by atoms with Gasteiger partial charge in [-0.1, -0.05) is 47.5 Å². The van der Waals surface area contributed by atoms with E-state index in [2.05, 4.69) is 10.6 Å². The number of Topliss-reactive ketones (excluding diaryl/α,β-unsaturated/α-hetero) is 2. The Bertz CT molecular complexity index is 597. The number of hydrogen-bond acceptors (Lipinski definition) is 6. The average molecular weight is 427 g/mol. The van der Waals surface area contributed by atoms with Gasteiger partial charge in [0.05, 0.1) is 25.2 Å². The second-order valence-corrected chi connectivity index (χ2v) is 9.48. The lowest BCUT2D eigenvalue weighted by molar-refractivity contribution is -0.142. The smallest absolute Gasteiger partial charge is 0.407 e. The highest BCUT2D eigenvalue weighted by molar-refractivity contribution is 6.37. The van der Waals surface area contributed by atoms with Gasteiger partial charge in [-0.05, 0) is 24.2 Å². The maximum Gasteiger partial charge on any atom is 0.407 e. The fourth-order valence-electron chi connectivity index (χ4n) is 3.05. The van der Waals surface area contributed by atoms with Crippen LogP contribution in [0.2, 0.25) is 0 Å². The Morgan fingerprint density at radius 2 is 1.83 bits per heavy atom. The number of nitrogens with one attached hydrogen (secondary N) is 2. The summed E-state index contributed by atoms with van der Waals surface area (Å²) in [6, 6.07) is -0.810. The predicted molar refractivity (Wildman–Crippen MR) is 113 cm³/mol. The van der Waals surface area contributed by atoms with Crippen molar-refractivity contribution in [2.75, 3.05) is 26.4 Å². The first kappa shape index (κ1) is 26.1. The van der Waals surface area contributed by atoms with Gasteiger partial charge in [0.1, 0.15) is 0 Å². The van der Waals surface area contributed by atoms with Gasteiger partial charge in [-0.2, -0.15) is 0 Å². The molecule has 8 heteroatoms. The van der Waals surface area contributed by atoms with Gasteiger partial charge >= 0.3 is 6.09 Å². The molecule has 1 heterocycles. The number of alkyl carbamates (subject to hydrolysis) is 1. The molecule has 1 aliphatic rings. The van der Waals surface area contributed by atoms with Gasteiger partial charge in [0.2, 0.25) is 5.78 Å². The highest BCUT2D eigenvalue weighted by Crippen LogP contribution is 2.16. The quantitative estimate of drug-likeness (QED) is 0.632. The molecule has 1 aliphatic heterocycles.